The predicted molar refractivity (Wildman–Crippen MR) is 137 cm³/mol. The Kier molecular flexibility index (Phi) is 12.7. The summed E-state index contributed by atoms with van der Waals surface area (Å²) in [5.74, 6) is 5.62. The normalized spacial score (nSPS) is 11.0. The van der Waals surface area contributed by atoms with Crippen molar-refractivity contribution in [2.45, 2.75) is 39.8 Å². The maximum absolute atomic E-state index is 13.3. The molecule has 0 aliphatic rings. The van der Waals surface area contributed by atoms with Gasteiger partial charge >= 0.3 is 6.18 Å². The Bertz CT molecular complexity index is 1200. The Balaban J connectivity index is 0.00000316. The van der Waals surface area contributed by atoms with E-state index in [-0.39, 0.29) is 5.56 Å². The standard InChI is InChI=1S/C28H26F3NO2.CH5N/c1-4-6-26(15-8-20(2)3)34-16-5-7-24-17-21(19-32)9-10-22(24)11-12-23-13-14-25(33)18-27(23)28(29,30)31;1-2/h4,6,8-10,13-15,17-18,33H,5,7,16H2,1-3H3;2H2,1H3/b6-4-,26-15+;. The number of aromatic hydroxyl groups is 1. The minimum absolute atomic E-state index is 0.232. The number of hydrogen-bond acceptors (Lipinski definition) is 4. The van der Waals surface area contributed by atoms with Gasteiger partial charge in [0, 0.05) is 11.1 Å². The van der Waals surface area contributed by atoms with E-state index in [1.807, 2.05) is 45.1 Å². The number of ether oxygens (including phenoxy) is 1. The Hall–Kier alpha value is -3.94. The lowest BCUT2D eigenvalue weighted by molar-refractivity contribution is -0.137. The van der Waals surface area contributed by atoms with Gasteiger partial charge in [-0.05, 0) is 94.8 Å². The van der Waals surface area contributed by atoms with E-state index in [0.29, 0.717) is 36.6 Å². The smallest absolute Gasteiger partial charge is 0.417 e. The SMILES string of the molecule is C/C=C\C(=C/C=C(C)C)OCCCc1cc(C#N)ccc1C#Cc1ccc(O)cc1C(F)(F)F.CN. The second-order valence-corrected chi connectivity index (χ2v) is 7.73. The highest BCUT2D eigenvalue weighted by Gasteiger charge is 2.33. The van der Waals surface area contributed by atoms with Crippen LogP contribution in [0.2, 0.25) is 0 Å². The zero-order valence-corrected chi connectivity index (χ0v) is 20.9. The van der Waals surface area contributed by atoms with E-state index in [0.717, 1.165) is 23.0 Å². The van der Waals surface area contributed by atoms with E-state index in [1.54, 1.807) is 18.2 Å². The number of nitrogens with zero attached hydrogens (tertiary/aromatic N) is 1. The first-order chi connectivity index (χ1) is 17.1. The molecular weight excluding hydrogens is 465 g/mol. The number of alkyl halides is 3. The van der Waals surface area contributed by atoms with E-state index < -0.39 is 17.5 Å². The molecule has 2 aromatic carbocycles. The zero-order chi connectivity index (χ0) is 27.1. The number of rotatable bonds is 7. The molecule has 0 heterocycles. The summed E-state index contributed by atoms with van der Waals surface area (Å²) in [5, 5.41) is 18.7. The first-order valence-electron chi connectivity index (χ1n) is 11.3. The number of benzene rings is 2. The van der Waals surface area contributed by atoms with Crippen LogP contribution in [0.3, 0.4) is 0 Å². The average molecular weight is 497 g/mol. The molecule has 0 amide bonds. The Morgan fingerprint density at radius 3 is 2.33 bits per heavy atom. The maximum Gasteiger partial charge on any atom is 0.417 e. The molecule has 0 saturated heterocycles. The molecule has 0 aliphatic carbocycles. The van der Waals surface area contributed by atoms with E-state index in [1.165, 1.54) is 13.1 Å². The fourth-order valence-electron chi connectivity index (χ4n) is 3.02. The molecule has 0 radical (unpaired) electrons. The average Bonchev–Trinajstić information content (AvgIpc) is 2.85. The molecule has 2 aromatic rings. The lowest BCUT2D eigenvalue weighted by Crippen LogP contribution is -2.07. The third-order valence-corrected chi connectivity index (χ3v) is 4.65. The molecule has 0 bridgehead atoms. The van der Waals surface area contributed by atoms with Gasteiger partial charge in [-0.15, -0.1) is 0 Å². The summed E-state index contributed by atoms with van der Waals surface area (Å²) < 4.78 is 45.8. The van der Waals surface area contributed by atoms with E-state index >= 15 is 0 Å². The molecule has 0 saturated carbocycles. The summed E-state index contributed by atoms with van der Waals surface area (Å²) in [7, 11) is 1.50. The van der Waals surface area contributed by atoms with Crippen LogP contribution < -0.4 is 5.73 Å². The molecule has 190 valence electrons. The van der Waals surface area contributed by atoms with Crippen molar-refractivity contribution >= 4 is 0 Å². The third kappa shape index (κ3) is 10.1. The van der Waals surface area contributed by atoms with Gasteiger partial charge < -0.3 is 15.6 Å². The molecule has 36 heavy (non-hydrogen) atoms. The molecule has 4 nitrogen and oxygen atoms in total. The summed E-state index contributed by atoms with van der Waals surface area (Å²) in [6.45, 7) is 6.30. The highest BCUT2D eigenvalue weighted by Crippen LogP contribution is 2.33. The van der Waals surface area contributed by atoms with Gasteiger partial charge in [0.15, 0.2) is 0 Å². The first-order valence-corrected chi connectivity index (χ1v) is 11.3. The van der Waals surface area contributed by atoms with Gasteiger partial charge in [-0.1, -0.05) is 29.6 Å². The largest absolute Gasteiger partial charge is 0.508 e. The Morgan fingerprint density at radius 2 is 1.72 bits per heavy atom. The summed E-state index contributed by atoms with van der Waals surface area (Å²) in [6, 6.07) is 9.95. The molecule has 0 atom stereocenters. The van der Waals surface area contributed by atoms with Crippen molar-refractivity contribution in [3.05, 3.63) is 99.9 Å². The van der Waals surface area contributed by atoms with Crippen molar-refractivity contribution < 1.29 is 23.0 Å². The summed E-state index contributed by atoms with van der Waals surface area (Å²) >= 11 is 0. The molecule has 0 spiro atoms. The Morgan fingerprint density at radius 1 is 1.06 bits per heavy atom. The first kappa shape index (κ1) is 30.1. The number of nitriles is 1. The number of halogens is 3. The van der Waals surface area contributed by atoms with E-state index in [2.05, 4.69) is 23.6 Å². The molecule has 2 rings (SSSR count). The third-order valence-electron chi connectivity index (χ3n) is 4.65. The number of phenols is 1. The van der Waals surface area contributed by atoms with Gasteiger partial charge in [0.1, 0.15) is 11.5 Å². The predicted octanol–water partition coefficient (Wildman–Crippen LogP) is 6.63. The van der Waals surface area contributed by atoms with Crippen LogP contribution in [-0.2, 0) is 17.3 Å². The summed E-state index contributed by atoms with van der Waals surface area (Å²) in [4.78, 5) is 0. The maximum atomic E-state index is 13.3. The molecule has 7 heteroatoms. The fourth-order valence-corrected chi connectivity index (χ4v) is 3.02. The molecule has 0 fully saturated rings. The van der Waals surface area contributed by atoms with Crippen molar-refractivity contribution in [1.29, 1.82) is 5.26 Å². The summed E-state index contributed by atoms with van der Waals surface area (Å²) in [5.41, 5.74) is 6.15. The van der Waals surface area contributed by atoms with Crippen molar-refractivity contribution in [3.63, 3.8) is 0 Å². The van der Waals surface area contributed by atoms with Crippen molar-refractivity contribution in [2.75, 3.05) is 13.7 Å². The van der Waals surface area contributed by atoms with Crippen LogP contribution in [0.25, 0.3) is 0 Å². The highest BCUT2D eigenvalue weighted by molar-refractivity contribution is 5.53. The molecule has 0 unspecified atom stereocenters. The lowest BCUT2D eigenvalue weighted by atomic mass is 9.99. The van der Waals surface area contributed by atoms with Gasteiger partial charge in [0.05, 0.1) is 23.8 Å². The van der Waals surface area contributed by atoms with Crippen LogP contribution in [-0.4, -0.2) is 18.8 Å². The van der Waals surface area contributed by atoms with Crippen molar-refractivity contribution in [3.8, 4) is 23.7 Å². The highest BCUT2D eigenvalue weighted by atomic mass is 19.4. The second-order valence-electron chi connectivity index (χ2n) is 7.73. The van der Waals surface area contributed by atoms with Gasteiger partial charge in [-0.25, -0.2) is 0 Å². The number of nitrogens with two attached hydrogens (primary N) is 1. The van der Waals surface area contributed by atoms with Crippen LogP contribution in [0.15, 0.2) is 72.0 Å². The quantitative estimate of drug-likeness (QED) is 0.195. The minimum Gasteiger partial charge on any atom is -0.508 e. The Labute approximate surface area is 211 Å². The monoisotopic (exact) mass is 496 g/mol. The van der Waals surface area contributed by atoms with E-state index in [9.17, 15) is 23.5 Å². The number of aryl methyl sites for hydroxylation is 1. The lowest BCUT2D eigenvalue weighted by Gasteiger charge is -2.10. The minimum atomic E-state index is -4.64. The van der Waals surface area contributed by atoms with Crippen LogP contribution >= 0.6 is 0 Å². The van der Waals surface area contributed by atoms with Crippen LogP contribution in [0.4, 0.5) is 13.2 Å². The molecule has 0 aliphatic heterocycles. The zero-order valence-electron chi connectivity index (χ0n) is 20.9. The number of hydrogen-bond donors (Lipinski definition) is 2. The fraction of sp³-hybridized carbons (Fsp3) is 0.276. The molecule has 0 aromatic heterocycles. The molecule has 3 N–H and O–H groups in total. The van der Waals surface area contributed by atoms with Crippen molar-refractivity contribution in [2.24, 2.45) is 5.73 Å². The van der Waals surface area contributed by atoms with E-state index in [4.69, 9.17) is 4.74 Å². The van der Waals surface area contributed by atoms with Gasteiger partial charge in [0.25, 0.3) is 0 Å². The van der Waals surface area contributed by atoms with Crippen LogP contribution in [0.1, 0.15) is 55.0 Å². The van der Waals surface area contributed by atoms with Crippen LogP contribution in [0, 0.1) is 23.2 Å². The topological polar surface area (TPSA) is 79.3 Å². The second kappa shape index (κ2) is 15.1. The summed E-state index contributed by atoms with van der Waals surface area (Å²) in [6.07, 6.45) is 4.11. The van der Waals surface area contributed by atoms with Gasteiger partial charge in [-0.2, -0.15) is 18.4 Å². The number of allylic oxidation sites excluding steroid dienone is 5. The molecular formula is C29H31F3N2O2. The van der Waals surface area contributed by atoms with Crippen molar-refractivity contribution in [1.82, 2.24) is 0 Å². The van der Waals surface area contributed by atoms with Gasteiger partial charge in [0.2, 0.25) is 0 Å². The van der Waals surface area contributed by atoms with Crippen LogP contribution in [0.5, 0.6) is 5.75 Å². The van der Waals surface area contributed by atoms with Gasteiger partial charge in [-0.3, -0.25) is 0 Å². The number of phenolic OH excluding ortho intramolecular Hbond substituents is 1.